The van der Waals surface area contributed by atoms with Crippen LogP contribution in [0.4, 0.5) is 0 Å². The molecule has 0 N–H and O–H groups in total. The monoisotopic (exact) mass is 386 g/mol. The van der Waals surface area contributed by atoms with Crippen LogP contribution in [0, 0.1) is 0 Å². The van der Waals surface area contributed by atoms with Gasteiger partial charge in [-0.25, -0.2) is 0 Å². The molecule has 1 aromatic heterocycles. The van der Waals surface area contributed by atoms with E-state index in [9.17, 15) is 9.59 Å². The van der Waals surface area contributed by atoms with Crippen molar-refractivity contribution in [1.29, 1.82) is 0 Å². The molecule has 0 bridgehead atoms. The van der Waals surface area contributed by atoms with E-state index in [0.29, 0.717) is 56.3 Å². The number of amides is 1. The van der Waals surface area contributed by atoms with E-state index >= 15 is 0 Å². The van der Waals surface area contributed by atoms with Gasteiger partial charge in [0.05, 0.1) is 19.8 Å². The lowest BCUT2D eigenvalue weighted by molar-refractivity contribution is 0.0775. The number of benzene rings is 1. The summed E-state index contributed by atoms with van der Waals surface area (Å²) < 4.78 is 17.9. The Morgan fingerprint density at radius 1 is 1.21 bits per heavy atom. The van der Waals surface area contributed by atoms with E-state index in [-0.39, 0.29) is 18.1 Å². The Hall–Kier alpha value is -2.64. The van der Waals surface area contributed by atoms with Crippen LogP contribution in [-0.2, 0) is 29.0 Å². The van der Waals surface area contributed by atoms with E-state index in [1.54, 1.807) is 23.6 Å². The van der Waals surface area contributed by atoms with Gasteiger partial charge < -0.3 is 23.7 Å². The minimum atomic E-state index is -0.185. The van der Waals surface area contributed by atoms with Gasteiger partial charge in [-0.3, -0.25) is 9.59 Å². The fourth-order valence-corrected chi connectivity index (χ4v) is 3.30. The first-order valence-corrected chi connectivity index (χ1v) is 9.37. The van der Waals surface area contributed by atoms with Crippen LogP contribution in [0.2, 0.25) is 0 Å². The summed E-state index contributed by atoms with van der Waals surface area (Å²) in [5, 5.41) is 0. The molecule has 150 valence electrons. The Bertz CT molecular complexity index is 863. The number of fused-ring (bicyclic) bond motifs is 1. The maximum atomic E-state index is 13.4. The first-order valence-electron chi connectivity index (χ1n) is 9.37. The highest BCUT2D eigenvalue weighted by Gasteiger charge is 2.26. The maximum absolute atomic E-state index is 13.4. The molecule has 1 aromatic carbocycles. The third-order valence-electron chi connectivity index (χ3n) is 4.69. The third kappa shape index (κ3) is 4.61. The Labute approximate surface area is 164 Å². The highest BCUT2D eigenvalue weighted by Crippen LogP contribution is 2.25. The van der Waals surface area contributed by atoms with Crippen LogP contribution >= 0.6 is 0 Å². The Morgan fingerprint density at radius 3 is 2.75 bits per heavy atom. The minimum Gasteiger partial charge on any atom is -0.490 e. The molecule has 2 aromatic rings. The number of nitrogens with zero attached hydrogens (tertiary/aromatic N) is 2. The zero-order valence-electron chi connectivity index (χ0n) is 16.3. The summed E-state index contributed by atoms with van der Waals surface area (Å²) >= 11 is 0. The Morgan fingerprint density at radius 2 is 2.00 bits per heavy atom. The number of hydrogen-bond donors (Lipinski definition) is 0. The van der Waals surface area contributed by atoms with Gasteiger partial charge in [-0.15, -0.1) is 0 Å². The summed E-state index contributed by atoms with van der Waals surface area (Å²) in [6.07, 6.45) is 0.483. The number of carbonyl (C=O) groups excluding carboxylic acids is 1. The van der Waals surface area contributed by atoms with Gasteiger partial charge in [0.25, 0.3) is 11.5 Å². The first kappa shape index (κ1) is 20.1. The molecule has 1 amide bonds. The van der Waals surface area contributed by atoms with Crippen LogP contribution in [0.3, 0.4) is 0 Å². The molecule has 2 heterocycles. The number of hydrogen-bond acceptors (Lipinski definition) is 5. The van der Waals surface area contributed by atoms with Crippen molar-refractivity contribution in [3.05, 3.63) is 63.6 Å². The second-order valence-corrected chi connectivity index (χ2v) is 6.67. The van der Waals surface area contributed by atoms with Gasteiger partial charge in [0.1, 0.15) is 17.9 Å². The quantitative estimate of drug-likeness (QED) is 0.678. The summed E-state index contributed by atoms with van der Waals surface area (Å²) in [5.41, 5.74) is 1.94. The number of rotatable bonds is 7. The van der Waals surface area contributed by atoms with Gasteiger partial charge in [-0.05, 0) is 5.56 Å². The van der Waals surface area contributed by atoms with Crippen molar-refractivity contribution in [2.24, 2.45) is 0 Å². The molecule has 0 unspecified atom stereocenters. The van der Waals surface area contributed by atoms with Gasteiger partial charge in [0.15, 0.2) is 0 Å². The van der Waals surface area contributed by atoms with Crippen molar-refractivity contribution in [2.45, 2.75) is 19.5 Å². The molecule has 1 aliphatic rings. The predicted octanol–water partition coefficient (Wildman–Crippen LogP) is 1.72. The summed E-state index contributed by atoms with van der Waals surface area (Å²) in [5.74, 6) is 0.127. The molecule has 0 saturated carbocycles. The summed E-state index contributed by atoms with van der Waals surface area (Å²) in [4.78, 5) is 27.6. The second kappa shape index (κ2) is 9.52. The lowest BCUT2D eigenvalue weighted by Gasteiger charge is -2.23. The van der Waals surface area contributed by atoms with Crippen molar-refractivity contribution in [1.82, 2.24) is 9.47 Å². The van der Waals surface area contributed by atoms with E-state index in [0.717, 1.165) is 5.56 Å². The second-order valence-electron chi connectivity index (χ2n) is 6.67. The Balaban J connectivity index is 1.97. The lowest BCUT2D eigenvalue weighted by atomic mass is 10.1. The molecule has 0 radical (unpaired) electrons. The fraction of sp³-hybridized carbons (Fsp3) is 0.429. The highest BCUT2D eigenvalue weighted by atomic mass is 16.5. The predicted molar refractivity (Wildman–Crippen MR) is 105 cm³/mol. The van der Waals surface area contributed by atoms with E-state index in [4.69, 9.17) is 14.2 Å². The number of methoxy groups -OCH3 is 1. The topological polar surface area (TPSA) is 70.0 Å². The molecule has 1 aliphatic heterocycles. The molecule has 0 atom stereocenters. The van der Waals surface area contributed by atoms with Gasteiger partial charge in [0.2, 0.25) is 0 Å². The number of ether oxygens (including phenoxy) is 3. The van der Waals surface area contributed by atoms with Crippen LogP contribution in [0.25, 0.3) is 0 Å². The van der Waals surface area contributed by atoms with Crippen molar-refractivity contribution < 1.29 is 19.0 Å². The lowest BCUT2D eigenvalue weighted by Crippen LogP contribution is -2.32. The summed E-state index contributed by atoms with van der Waals surface area (Å²) in [6, 6.07) is 11.2. The maximum Gasteiger partial charge on any atom is 0.259 e. The van der Waals surface area contributed by atoms with Gasteiger partial charge in [-0.1, -0.05) is 30.3 Å². The smallest absolute Gasteiger partial charge is 0.259 e. The molecule has 3 rings (SSSR count). The molecule has 0 spiro atoms. The van der Waals surface area contributed by atoms with Gasteiger partial charge in [-0.2, -0.15) is 0 Å². The van der Waals surface area contributed by atoms with E-state index in [1.165, 1.54) is 6.07 Å². The van der Waals surface area contributed by atoms with E-state index < -0.39 is 0 Å². The number of pyridine rings is 1. The van der Waals surface area contributed by atoms with Crippen LogP contribution in [0.5, 0.6) is 5.75 Å². The van der Waals surface area contributed by atoms with Crippen LogP contribution in [0.15, 0.2) is 41.2 Å². The van der Waals surface area contributed by atoms with E-state index in [1.807, 2.05) is 30.3 Å². The molecule has 0 fully saturated rings. The normalized spacial score (nSPS) is 13.5. The molecule has 0 aliphatic carbocycles. The third-order valence-corrected chi connectivity index (χ3v) is 4.69. The van der Waals surface area contributed by atoms with Crippen LogP contribution < -0.4 is 10.3 Å². The first-order chi connectivity index (χ1) is 13.6. The fourth-order valence-electron chi connectivity index (χ4n) is 3.30. The zero-order valence-corrected chi connectivity index (χ0v) is 16.3. The van der Waals surface area contributed by atoms with Crippen LogP contribution in [0.1, 0.15) is 21.6 Å². The summed E-state index contributed by atoms with van der Waals surface area (Å²) in [7, 11) is 3.33. The standard InChI is InChI=1S/C21H26N2O5/c1-22(15-16-6-4-3-5-7-16)21(25)20-17-8-10-27-11-9-23(17)19(24)14-18(20)28-13-12-26-2/h3-7,14H,8-13,15H2,1-2H3. The minimum absolute atomic E-state index is 0.179. The Kier molecular flexibility index (Phi) is 6.84. The molecule has 28 heavy (non-hydrogen) atoms. The van der Waals surface area contributed by atoms with E-state index in [2.05, 4.69) is 0 Å². The average molecular weight is 386 g/mol. The molecule has 0 saturated heterocycles. The van der Waals surface area contributed by atoms with Crippen LogP contribution in [-0.4, -0.2) is 56.0 Å². The molecule has 7 nitrogen and oxygen atoms in total. The van der Waals surface area contributed by atoms with Gasteiger partial charge in [0, 0.05) is 45.4 Å². The SMILES string of the molecule is COCCOc1cc(=O)n2c(c1C(=O)N(C)Cc1ccccc1)CCOCC2. The average Bonchev–Trinajstić information content (AvgIpc) is 2.95. The van der Waals surface area contributed by atoms with Crippen molar-refractivity contribution in [2.75, 3.05) is 40.6 Å². The van der Waals surface area contributed by atoms with Crippen molar-refractivity contribution in [3.63, 3.8) is 0 Å². The largest absolute Gasteiger partial charge is 0.490 e. The zero-order chi connectivity index (χ0) is 19.9. The molecular formula is C21H26N2O5. The van der Waals surface area contributed by atoms with Crippen molar-refractivity contribution in [3.8, 4) is 5.75 Å². The number of carbonyl (C=O) groups is 1. The summed E-state index contributed by atoms with van der Waals surface area (Å²) in [6.45, 7) is 2.43. The van der Waals surface area contributed by atoms with Gasteiger partial charge >= 0.3 is 0 Å². The molecular weight excluding hydrogens is 360 g/mol. The highest BCUT2D eigenvalue weighted by molar-refractivity contribution is 5.98. The number of aromatic nitrogens is 1. The molecule has 7 heteroatoms. The van der Waals surface area contributed by atoms with Crippen molar-refractivity contribution >= 4 is 5.91 Å².